The van der Waals surface area contributed by atoms with Crippen LogP contribution < -0.4 is 10.5 Å². The molecule has 1 atom stereocenters. The van der Waals surface area contributed by atoms with Crippen molar-refractivity contribution in [2.24, 2.45) is 5.92 Å². The molecule has 1 saturated heterocycles. The van der Waals surface area contributed by atoms with Crippen LogP contribution in [0.5, 0.6) is 5.75 Å². The van der Waals surface area contributed by atoms with E-state index < -0.39 is 5.97 Å². The summed E-state index contributed by atoms with van der Waals surface area (Å²) in [5, 5.41) is 9.41. The molecular formula is C21H24N4O3. The van der Waals surface area contributed by atoms with Gasteiger partial charge in [-0.2, -0.15) is 0 Å². The number of hydrogen-bond acceptors (Lipinski definition) is 5. The highest BCUT2D eigenvalue weighted by Gasteiger charge is 2.27. The number of nitrogens with two attached hydrogens (primary N) is 1. The van der Waals surface area contributed by atoms with Gasteiger partial charge >= 0.3 is 5.97 Å². The number of carboxylic acids is 1. The number of rotatable bonds is 5. The van der Waals surface area contributed by atoms with Crippen molar-refractivity contribution in [3.8, 4) is 17.0 Å². The van der Waals surface area contributed by atoms with Crippen molar-refractivity contribution >= 4 is 17.3 Å². The van der Waals surface area contributed by atoms with Crippen LogP contribution in [0.1, 0.15) is 18.5 Å². The van der Waals surface area contributed by atoms with Gasteiger partial charge in [0.05, 0.1) is 24.4 Å². The molecule has 0 aliphatic carbocycles. The summed E-state index contributed by atoms with van der Waals surface area (Å²) < 4.78 is 7.55. The van der Waals surface area contributed by atoms with Gasteiger partial charge in [0.15, 0.2) is 0 Å². The maximum atomic E-state index is 11.5. The summed E-state index contributed by atoms with van der Waals surface area (Å²) in [6, 6.07) is 11.5. The normalized spacial score (nSPS) is 17.7. The van der Waals surface area contributed by atoms with Gasteiger partial charge in [-0.05, 0) is 43.7 Å². The minimum absolute atomic E-state index is 0.326. The number of aliphatic carboxylic acids is 1. The molecule has 28 heavy (non-hydrogen) atoms. The van der Waals surface area contributed by atoms with E-state index in [1.54, 1.807) is 7.11 Å². The first-order valence-corrected chi connectivity index (χ1v) is 9.42. The molecule has 1 aliphatic heterocycles. The van der Waals surface area contributed by atoms with Crippen LogP contribution >= 0.6 is 0 Å². The number of imidazole rings is 1. The molecule has 3 heterocycles. The molecule has 1 unspecified atom stereocenters. The summed E-state index contributed by atoms with van der Waals surface area (Å²) in [4.78, 5) is 18.5. The molecule has 146 valence electrons. The van der Waals surface area contributed by atoms with Gasteiger partial charge < -0.3 is 20.0 Å². The highest BCUT2D eigenvalue weighted by Crippen LogP contribution is 2.33. The number of carbonyl (C=O) groups is 1. The molecule has 0 amide bonds. The van der Waals surface area contributed by atoms with Gasteiger partial charge in [-0.1, -0.05) is 12.1 Å². The minimum atomic E-state index is -0.725. The maximum absolute atomic E-state index is 11.5. The summed E-state index contributed by atoms with van der Waals surface area (Å²) in [5.41, 5.74) is 10.2. The van der Waals surface area contributed by atoms with E-state index in [2.05, 4.69) is 4.90 Å². The second kappa shape index (κ2) is 7.52. The van der Waals surface area contributed by atoms with E-state index in [0.29, 0.717) is 18.8 Å². The number of para-hydroxylation sites is 1. The fourth-order valence-corrected chi connectivity index (χ4v) is 3.93. The molecule has 0 spiro atoms. The lowest BCUT2D eigenvalue weighted by Crippen LogP contribution is -2.38. The Kier molecular flexibility index (Phi) is 4.92. The van der Waals surface area contributed by atoms with Crippen molar-refractivity contribution < 1.29 is 14.6 Å². The fourth-order valence-electron chi connectivity index (χ4n) is 3.93. The molecule has 1 aliphatic rings. The summed E-state index contributed by atoms with van der Waals surface area (Å²) in [6.07, 6.45) is 3.47. The summed E-state index contributed by atoms with van der Waals surface area (Å²) in [7, 11) is 1.65. The van der Waals surface area contributed by atoms with Crippen LogP contribution in [-0.4, -0.2) is 45.6 Å². The largest absolute Gasteiger partial charge is 0.496 e. The second-order valence-electron chi connectivity index (χ2n) is 7.21. The summed E-state index contributed by atoms with van der Waals surface area (Å²) in [6.45, 7) is 2.00. The number of fused-ring (bicyclic) bond motifs is 1. The first kappa shape index (κ1) is 18.3. The van der Waals surface area contributed by atoms with E-state index in [0.717, 1.165) is 47.7 Å². The van der Waals surface area contributed by atoms with Crippen molar-refractivity contribution in [1.82, 2.24) is 14.3 Å². The van der Waals surface area contributed by atoms with Gasteiger partial charge in [0.1, 0.15) is 11.4 Å². The van der Waals surface area contributed by atoms with Crippen LogP contribution in [0, 0.1) is 5.92 Å². The van der Waals surface area contributed by atoms with E-state index in [1.807, 2.05) is 47.0 Å². The van der Waals surface area contributed by atoms with Gasteiger partial charge in [0.25, 0.3) is 0 Å². The molecule has 1 aromatic carbocycles. The quantitative estimate of drug-likeness (QED) is 0.707. The predicted octanol–water partition coefficient (Wildman–Crippen LogP) is 2.89. The van der Waals surface area contributed by atoms with Crippen LogP contribution in [0.4, 0.5) is 5.69 Å². The Balaban J connectivity index is 1.79. The van der Waals surface area contributed by atoms with Crippen LogP contribution in [0.25, 0.3) is 16.9 Å². The third kappa shape index (κ3) is 3.41. The molecule has 1 fully saturated rings. The van der Waals surface area contributed by atoms with Gasteiger partial charge in [-0.3, -0.25) is 9.69 Å². The highest BCUT2D eigenvalue weighted by molar-refractivity contribution is 5.73. The van der Waals surface area contributed by atoms with Gasteiger partial charge in [-0.15, -0.1) is 0 Å². The Labute approximate surface area is 163 Å². The van der Waals surface area contributed by atoms with Crippen molar-refractivity contribution in [2.75, 3.05) is 25.9 Å². The minimum Gasteiger partial charge on any atom is -0.496 e. The fraction of sp³-hybridized carbons (Fsp3) is 0.333. The Morgan fingerprint density at radius 1 is 1.32 bits per heavy atom. The molecule has 4 rings (SSSR count). The Bertz CT molecular complexity index is 1010. The molecule has 2 aromatic heterocycles. The number of benzene rings is 1. The van der Waals surface area contributed by atoms with Gasteiger partial charge in [-0.25, -0.2) is 4.98 Å². The van der Waals surface area contributed by atoms with Gasteiger partial charge in [0, 0.05) is 30.5 Å². The monoisotopic (exact) mass is 380 g/mol. The predicted molar refractivity (Wildman–Crippen MR) is 107 cm³/mol. The molecule has 7 heteroatoms. The van der Waals surface area contributed by atoms with E-state index in [4.69, 9.17) is 15.5 Å². The third-order valence-electron chi connectivity index (χ3n) is 5.33. The molecule has 7 nitrogen and oxygen atoms in total. The number of pyridine rings is 1. The highest BCUT2D eigenvalue weighted by atomic mass is 16.5. The third-order valence-corrected chi connectivity index (χ3v) is 5.33. The standard InChI is InChI=1S/C21H24N4O3/c1-28-18-7-3-2-6-16(18)20-17(25-12-15(22)8-9-19(25)23-20)13-24-10-4-5-14(11-24)21(26)27/h2-3,6-9,12,14H,4-5,10-11,13,22H2,1H3,(H,26,27). The lowest BCUT2D eigenvalue weighted by atomic mass is 9.98. The SMILES string of the molecule is COc1ccccc1-c1nc2ccc(N)cn2c1CN1CCCC(C(=O)O)C1. The number of anilines is 1. The van der Waals surface area contributed by atoms with Crippen molar-refractivity contribution in [1.29, 1.82) is 0 Å². The maximum Gasteiger partial charge on any atom is 0.307 e. The number of carboxylic acid groups (broad SMARTS) is 1. The average Bonchev–Trinajstić information content (AvgIpc) is 3.05. The zero-order valence-electron chi connectivity index (χ0n) is 15.8. The lowest BCUT2D eigenvalue weighted by Gasteiger charge is -2.30. The van der Waals surface area contributed by atoms with E-state index in [9.17, 15) is 9.90 Å². The van der Waals surface area contributed by atoms with E-state index in [1.165, 1.54) is 0 Å². The van der Waals surface area contributed by atoms with Gasteiger partial charge in [0.2, 0.25) is 0 Å². The number of likely N-dealkylation sites (tertiary alicyclic amines) is 1. The van der Waals surface area contributed by atoms with Crippen LogP contribution in [0.2, 0.25) is 0 Å². The van der Waals surface area contributed by atoms with Crippen molar-refractivity contribution in [2.45, 2.75) is 19.4 Å². The smallest absolute Gasteiger partial charge is 0.307 e. The number of nitrogen functional groups attached to an aromatic ring is 1. The summed E-state index contributed by atoms with van der Waals surface area (Å²) in [5.74, 6) is -0.299. The van der Waals surface area contributed by atoms with E-state index in [-0.39, 0.29) is 5.92 Å². The topological polar surface area (TPSA) is 93.1 Å². The van der Waals surface area contributed by atoms with Crippen LogP contribution in [0.15, 0.2) is 42.6 Å². The molecule has 3 N–H and O–H groups in total. The molecule has 0 saturated carbocycles. The van der Waals surface area contributed by atoms with E-state index >= 15 is 0 Å². The Hall–Kier alpha value is -3.06. The lowest BCUT2D eigenvalue weighted by molar-refractivity contribution is -0.143. The number of methoxy groups -OCH3 is 1. The number of hydrogen-bond donors (Lipinski definition) is 2. The summed E-state index contributed by atoms with van der Waals surface area (Å²) >= 11 is 0. The molecular weight excluding hydrogens is 356 g/mol. The van der Waals surface area contributed by atoms with Crippen LogP contribution in [0.3, 0.4) is 0 Å². The molecule has 0 radical (unpaired) electrons. The van der Waals surface area contributed by atoms with Crippen molar-refractivity contribution in [3.05, 3.63) is 48.3 Å². The number of piperidine rings is 1. The average molecular weight is 380 g/mol. The first-order valence-electron chi connectivity index (χ1n) is 9.42. The first-order chi connectivity index (χ1) is 13.6. The van der Waals surface area contributed by atoms with Crippen LogP contribution in [-0.2, 0) is 11.3 Å². The number of aromatic nitrogens is 2. The molecule has 3 aromatic rings. The number of ether oxygens (including phenoxy) is 1. The molecule has 0 bridgehead atoms. The second-order valence-corrected chi connectivity index (χ2v) is 7.21. The zero-order valence-corrected chi connectivity index (χ0v) is 15.8. The Morgan fingerprint density at radius 3 is 2.93 bits per heavy atom. The number of nitrogens with zero attached hydrogens (tertiary/aromatic N) is 3. The Morgan fingerprint density at radius 2 is 2.14 bits per heavy atom. The zero-order chi connectivity index (χ0) is 19.7. The van der Waals surface area contributed by atoms with Crippen molar-refractivity contribution in [3.63, 3.8) is 0 Å².